The fourth-order valence-electron chi connectivity index (χ4n) is 1.73. The topological polar surface area (TPSA) is 30.0 Å². The van der Waals surface area contributed by atoms with Crippen molar-refractivity contribution < 1.29 is 4.79 Å². The number of nitrogens with zero attached hydrogens (tertiary/aromatic N) is 1. The van der Waals surface area contributed by atoms with Crippen molar-refractivity contribution >= 4 is 11.9 Å². The lowest BCUT2D eigenvalue weighted by atomic mass is 10.1. The van der Waals surface area contributed by atoms with Crippen molar-refractivity contribution in [3.05, 3.63) is 35.2 Å². The van der Waals surface area contributed by atoms with Gasteiger partial charge in [-0.1, -0.05) is 12.2 Å². The molecule has 2 heteroatoms. The van der Waals surface area contributed by atoms with E-state index in [1.807, 2.05) is 19.1 Å². The van der Waals surface area contributed by atoms with Crippen LogP contribution in [0.15, 0.2) is 18.5 Å². The van der Waals surface area contributed by atoms with Crippen LogP contribution in [0.1, 0.15) is 34.8 Å². The number of pyridine rings is 1. The molecule has 0 spiro atoms. The molecule has 0 saturated carbocycles. The number of Topliss-reactive ketones (excluding diaryl/α,β-unsaturated/α-hetero) is 1. The summed E-state index contributed by atoms with van der Waals surface area (Å²) in [6, 6.07) is 0. The molecular formula is C11H11NO. The highest BCUT2D eigenvalue weighted by Gasteiger charge is 2.21. The molecule has 0 bridgehead atoms. The summed E-state index contributed by atoms with van der Waals surface area (Å²) in [6.45, 7) is 1.94. The summed E-state index contributed by atoms with van der Waals surface area (Å²) in [5.74, 6) is 0.255. The van der Waals surface area contributed by atoms with E-state index < -0.39 is 0 Å². The van der Waals surface area contributed by atoms with Crippen molar-refractivity contribution in [2.24, 2.45) is 0 Å². The summed E-state index contributed by atoms with van der Waals surface area (Å²) in [5, 5.41) is 0. The minimum absolute atomic E-state index is 0.255. The quantitative estimate of drug-likeness (QED) is 0.652. The van der Waals surface area contributed by atoms with Crippen LogP contribution >= 0.6 is 0 Å². The number of carbonyl (C=O) groups is 1. The van der Waals surface area contributed by atoms with Gasteiger partial charge in [-0.25, -0.2) is 0 Å². The second-order valence-electron chi connectivity index (χ2n) is 3.19. The number of rotatable bonds is 1. The number of aryl methyl sites for hydroxylation is 1. The Hall–Kier alpha value is -1.44. The monoisotopic (exact) mass is 173 g/mol. The van der Waals surface area contributed by atoms with E-state index in [4.69, 9.17) is 0 Å². The van der Waals surface area contributed by atoms with Crippen LogP contribution in [0.4, 0.5) is 0 Å². The van der Waals surface area contributed by atoms with Crippen LogP contribution in [0.3, 0.4) is 0 Å². The van der Waals surface area contributed by atoms with E-state index in [0.29, 0.717) is 6.42 Å². The molecule has 1 aliphatic carbocycles. The fourth-order valence-corrected chi connectivity index (χ4v) is 1.73. The van der Waals surface area contributed by atoms with E-state index in [2.05, 4.69) is 4.98 Å². The Morgan fingerprint density at radius 1 is 1.38 bits per heavy atom. The van der Waals surface area contributed by atoms with Gasteiger partial charge in [-0.2, -0.15) is 0 Å². The number of carbonyl (C=O) groups excluding carboxylic acids is 1. The Bertz CT molecular complexity index is 380. The lowest BCUT2D eigenvalue weighted by molar-refractivity contribution is 0.0994. The molecule has 2 nitrogen and oxygen atoms in total. The molecule has 0 aromatic carbocycles. The van der Waals surface area contributed by atoms with Crippen molar-refractivity contribution in [1.29, 1.82) is 0 Å². The Morgan fingerprint density at radius 2 is 2.23 bits per heavy atom. The molecule has 0 radical (unpaired) electrons. The molecule has 0 saturated heterocycles. The Labute approximate surface area is 77.3 Å². The summed E-state index contributed by atoms with van der Waals surface area (Å²) in [5.41, 5.74) is 2.94. The van der Waals surface area contributed by atoms with Gasteiger partial charge in [-0.05, 0) is 18.9 Å². The maximum Gasteiger partial charge on any atom is 0.164 e. The summed E-state index contributed by atoms with van der Waals surface area (Å²) in [4.78, 5) is 15.6. The van der Waals surface area contributed by atoms with Crippen molar-refractivity contribution in [2.45, 2.75) is 19.8 Å². The molecule has 1 aromatic heterocycles. The van der Waals surface area contributed by atoms with Crippen LogP contribution in [0.2, 0.25) is 0 Å². The molecular weight excluding hydrogens is 162 g/mol. The highest BCUT2D eigenvalue weighted by Crippen LogP contribution is 2.24. The van der Waals surface area contributed by atoms with Gasteiger partial charge in [0, 0.05) is 29.9 Å². The third-order valence-electron chi connectivity index (χ3n) is 2.30. The third-order valence-corrected chi connectivity index (χ3v) is 2.30. The Balaban J connectivity index is 2.59. The molecule has 0 N–H and O–H groups in total. The zero-order valence-corrected chi connectivity index (χ0v) is 7.58. The average Bonchev–Trinajstić information content (AvgIpc) is 2.50. The lowest BCUT2D eigenvalue weighted by Gasteiger charge is -2.00. The van der Waals surface area contributed by atoms with E-state index in [1.54, 1.807) is 12.4 Å². The largest absolute Gasteiger partial charge is 0.294 e. The molecule has 0 atom stereocenters. The van der Waals surface area contributed by atoms with Crippen LogP contribution in [0.5, 0.6) is 0 Å². The standard InChI is InChI=1S/C11H11NO/c1-2-3-8-6-12-7-9-4-5-10(13)11(8)9/h2-3,6-7H,4-5H2,1H3/b3-2+. The predicted molar refractivity (Wildman–Crippen MR) is 51.6 cm³/mol. The van der Waals surface area contributed by atoms with Gasteiger partial charge in [0.25, 0.3) is 0 Å². The molecule has 0 amide bonds. The van der Waals surface area contributed by atoms with Crippen molar-refractivity contribution in [3.63, 3.8) is 0 Å². The van der Waals surface area contributed by atoms with Crippen LogP contribution in [0.25, 0.3) is 6.08 Å². The molecule has 0 fully saturated rings. The van der Waals surface area contributed by atoms with Crippen molar-refractivity contribution in [1.82, 2.24) is 4.98 Å². The van der Waals surface area contributed by atoms with Gasteiger partial charge in [0.15, 0.2) is 5.78 Å². The molecule has 2 rings (SSSR count). The maximum atomic E-state index is 11.5. The zero-order chi connectivity index (χ0) is 9.26. The first kappa shape index (κ1) is 8.17. The highest BCUT2D eigenvalue weighted by atomic mass is 16.1. The maximum absolute atomic E-state index is 11.5. The van der Waals surface area contributed by atoms with Crippen LogP contribution < -0.4 is 0 Å². The van der Waals surface area contributed by atoms with Gasteiger partial charge in [0.1, 0.15) is 0 Å². The molecule has 1 heterocycles. The molecule has 0 aliphatic heterocycles. The average molecular weight is 173 g/mol. The molecule has 1 aliphatic rings. The van der Waals surface area contributed by atoms with Gasteiger partial charge in [0.2, 0.25) is 0 Å². The number of hydrogen-bond donors (Lipinski definition) is 0. The number of ketones is 1. The first-order valence-electron chi connectivity index (χ1n) is 4.45. The Kier molecular flexibility index (Phi) is 1.97. The van der Waals surface area contributed by atoms with Gasteiger partial charge >= 0.3 is 0 Å². The molecule has 66 valence electrons. The van der Waals surface area contributed by atoms with Gasteiger partial charge in [-0.3, -0.25) is 9.78 Å². The number of allylic oxidation sites excluding steroid dienone is 1. The second-order valence-corrected chi connectivity index (χ2v) is 3.19. The zero-order valence-electron chi connectivity index (χ0n) is 7.58. The number of hydrogen-bond acceptors (Lipinski definition) is 2. The number of fused-ring (bicyclic) bond motifs is 1. The predicted octanol–water partition coefficient (Wildman–Crippen LogP) is 2.24. The van der Waals surface area contributed by atoms with Crippen molar-refractivity contribution in [3.8, 4) is 0 Å². The van der Waals surface area contributed by atoms with E-state index in [-0.39, 0.29) is 5.78 Å². The molecule has 1 aromatic rings. The second kappa shape index (κ2) is 3.13. The van der Waals surface area contributed by atoms with Crippen LogP contribution in [-0.4, -0.2) is 10.8 Å². The van der Waals surface area contributed by atoms with Crippen molar-refractivity contribution in [2.75, 3.05) is 0 Å². The highest BCUT2D eigenvalue weighted by molar-refractivity contribution is 6.03. The van der Waals surface area contributed by atoms with Gasteiger partial charge < -0.3 is 0 Å². The van der Waals surface area contributed by atoms with Crippen LogP contribution in [-0.2, 0) is 6.42 Å². The van der Waals surface area contributed by atoms with E-state index in [0.717, 1.165) is 23.1 Å². The Morgan fingerprint density at radius 3 is 3.00 bits per heavy atom. The van der Waals surface area contributed by atoms with E-state index in [1.165, 1.54) is 0 Å². The lowest BCUT2D eigenvalue weighted by Crippen LogP contribution is -1.95. The fraction of sp³-hybridized carbons (Fsp3) is 0.273. The normalized spacial score (nSPS) is 15.3. The minimum Gasteiger partial charge on any atom is -0.294 e. The summed E-state index contributed by atoms with van der Waals surface area (Å²) in [7, 11) is 0. The summed E-state index contributed by atoms with van der Waals surface area (Å²) in [6.07, 6.45) is 8.92. The van der Waals surface area contributed by atoms with Crippen LogP contribution in [0, 0.1) is 0 Å². The van der Waals surface area contributed by atoms with E-state index >= 15 is 0 Å². The molecule has 13 heavy (non-hydrogen) atoms. The number of aromatic nitrogens is 1. The summed E-state index contributed by atoms with van der Waals surface area (Å²) >= 11 is 0. The van der Waals surface area contributed by atoms with E-state index in [9.17, 15) is 4.79 Å². The minimum atomic E-state index is 0.255. The first-order valence-corrected chi connectivity index (χ1v) is 4.45. The van der Waals surface area contributed by atoms with Gasteiger partial charge in [-0.15, -0.1) is 0 Å². The SMILES string of the molecule is C/C=C/c1cncc2c1C(=O)CC2. The molecule has 0 unspecified atom stereocenters. The summed E-state index contributed by atoms with van der Waals surface area (Å²) < 4.78 is 0. The van der Waals surface area contributed by atoms with Gasteiger partial charge in [0.05, 0.1) is 0 Å². The third kappa shape index (κ3) is 1.28. The smallest absolute Gasteiger partial charge is 0.164 e. The first-order chi connectivity index (χ1) is 6.33.